The van der Waals surface area contributed by atoms with Crippen LogP contribution in [0.5, 0.6) is 0 Å². The molecule has 3 rings (SSSR count). The van der Waals surface area contributed by atoms with Gasteiger partial charge < -0.3 is 4.90 Å². The molecule has 1 amide bonds. The lowest BCUT2D eigenvalue weighted by molar-refractivity contribution is 0.0712. The molecule has 0 spiro atoms. The lowest BCUT2D eigenvalue weighted by Gasteiger charge is -2.25. The highest BCUT2D eigenvalue weighted by molar-refractivity contribution is 9.10. The van der Waals surface area contributed by atoms with E-state index in [-0.39, 0.29) is 11.7 Å². The molecular weight excluding hydrogens is 296 g/mol. The molecule has 6 heteroatoms. The fraction of sp³-hybridized carbons (Fsp3) is 0.417. The van der Waals surface area contributed by atoms with Crippen LogP contribution in [0, 0.1) is 0 Å². The summed E-state index contributed by atoms with van der Waals surface area (Å²) in [5.41, 5.74) is 0.693. The van der Waals surface area contributed by atoms with Crippen LogP contribution in [0.2, 0.25) is 0 Å². The van der Waals surface area contributed by atoms with E-state index in [1.807, 2.05) is 17.0 Å². The quantitative estimate of drug-likeness (QED) is 0.811. The summed E-state index contributed by atoms with van der Waals surface area (Å²) in [6, 6.07) is 3.73. The maximum absolute atomic E-state index is 12.2. The van der Waals surface area contributed by atoms with Crippen molar-refractivity contribution < 1.29 is 4.79 Å². The molecule has 94 valence electrons. The standard InChI is InChI=1S/C12H13BrN4O/c13-9-4-5-10-14-11(15-17(10)8-9)12(18)16-6-2-1-3-7-16/h4-5,8H,1-3,6-7H2. The third kappa shape index (κ3) is 2.12. The molecule has 0 N–H and O–H groups in total. The number of carbonyl (C=O) groups excluding carboxylic acids is 1. The summed E-state index contributed by atoms with van der Waals surface area (Å²) in [5.74, 6) is 0.226. The van der Waals surface area contributed by atoms with Gasteiger partial charge in [0.2, 0.25) is 5.82 Å². The predicted octanol–water partition coefficient (Wildman–Crippen LogP) is 2.12. The van der Waals surface area contributed by atoms with E-state index in [0.29, 0.717) is 5.65 Å². The van der Waals surface area contributed by atoms with Gasteiger partial charge in [0.1, 0.15) is 0 Å². The van der Waals surface area contributed by atoms with Crippen LogP contribution < -0.4 is 0 Å². The average Bonchev–Trinajstić information content (AvgIpc) is 2.81. The van der Waals surface area contributed by atoms with E-state index in [1.54, 1.807) is 10.7 Å². The first-order valence-corrected chi connectivity index (χ1v) is 6.84. The smallest absolute Gasteiger partial charge is 0.293 e. The second kappa shape index (κ2) is 4.68. The van der Waals surface area contributed by atoms with Crippen molar-refractivity contribution in [1.82, 2.24) is 19.5 Å². The van der Waals surface area contributed by atoms with Gasteiger partial charge in [-0.2, -0.15) is 0 Å². The zero-order valence-electron chi connectivity index (χ0n) is 9.84. The number of aromatic nitrogens is 3. The average molecular weight is 309 g/mol. The molecule has 0 unspecified atom stereocenters. The number of rotatable bonds is 1. The number of halogens is 1. The summed E-state index contributed by atoms with van der Waals surface area (Å²) in [4.78, 5) is 18.3. The van der Waals surface area contributed by atoms with Gasteiger partial charge in [-0.3, -0.25) is 4.79 Å². The molecule has 0 aliphatic carbocycles. The SMILES string of the molecule is O=C(c1nc2ccc(Br)cn2n1)N1CCCCC1. The summed E-state index contributed by atoms with van der Waals surface area (Å²) in [6.45, 7) is 1.64. The number of carbonyl (C=O) groups is 1. The highest BCUT2D eigenvalue weighted by Gasteiger charge is 2.21. The van der Waals surface area contributed by atoms with Crippen molar-refractivity contribution in [2.24, 2.45) is 0 Å². The molecule has 0 radical (unpaired) electrons. The van der Waals surface area contributed by atoms with Crippen LogP contribution in [-0.4, -0.2) is 38.5 Å². The molecule has 0 aromatic carbocycles. The van der Waals surface area contributed by atoms with Gasteiger partial charge in [-0.05, 0) is 47.3 Å². The van der Waals surface area contributed by atoms with Crippen LogP contribution >= 0.6 is 15.9 Å². The Hall–Kier alpha value is -1.43. The first-order chi connectivity index (χ1) is 8.74. The molecule has 1 fully saturated rings. The first kappa shape index (κ1) is 11.6. The minimum absolute atomic E-state index is 0.0606. The van der Waals surface area contributed by atoms with Gasteiger partial charge in [-0.25, -0.2) is 9.50 Å². The Morgan fingerprint density at radius 1 is 1.22 bits per heavy atom. The van der Waals surface area contributed by atoms with Crippen molar-refractivity contribution in [2.75, 3.05) is 13.1 Å². The normalized spacial score (nSPS) is 16.2. The summed E-state index contributed by atoms with van der Waals surface area (Å²) >= 11 is 3.37. The minimum atomic E-state index is -0.0606. The molecule has 0 bridgehead atoms. The van der Waals surface area contributed by atoms with E-state index < -0.39 is 0 Å². The second-order valence-electron chi connectivity index (χ2n) is 4.44. The number of hydrogen-bond donors (Lipinski definition) is 0. The van der Waals surface area contributed by atoms with E-state index in [2.05, 4.69) is 26.0 Å². The fourth-order valence-electron chi connectivity index (χ4n) is 2.19. The van der Waals surface area contributed by atoms with Crippen molar-refractivity contribution in [3.05, 3.63) is 28.6 Å². The van der Waals surface area contributed by atoms with Crippen LogP contribution in [0.25, 0.3) is 5.65 Å². The fourth-order valence-corrected chi connectivity index (χ4v) is 2.51. The van der Waals surface area contributed by atoms with Gasteiger partial charge in [0.25, 0.3) is 5.91 Å². The number of piperidine rings is 1. The number of amides is 1. The van der Waals surface area contributed by atoms with Crippen LogP contribution in [0.15, 0.2) is 22.8 Å². The first-order valence-electron chi connectivity index (χ1n) is 6.05. The minimum Gasteiger partial charge on any atom is -0.336 e. The molecule has 0 atom stereocenters. The van der Waals surface area contributed by atoms with Crippen molar-refractivity contribution in [3.63, 3.8) is 0 Å². The molecule has 1 aliphatic rings. The monoisotopic (exact) mass is 308 g/mol. The second-order valence-corrected chi connectivity index (χ2v) is 5.35. The van der Waals surface area contributed by atoms with E-state index >= 15 is 0 Å². The van der Waals surface area contributed by atoms with Crippen LogP contribution in [0.1, 0.15) is 29.9 Å². The molecule has 1 aliphatic heterocycles. The lowest BCUT2D eigenvalue weighted by Crippen LogP contribution is -2.36. The van der Waals surface area contributed by atoms with E-state index in [1.165, 1.54) is 6.42 Å². The molecule has 5 nitrogen and oxygen atoms in total. The maximum Gasteiger partial charge on any atom is 0.293 e. The third-order valence-corrected chi connectivity index (χ3v) is 3.60. The zero-order valence-corrected chi connectivity index (χ0v) is 11.4. The summed E-state index contributed by atoms with van der Waals surface area (Å²) in [5, 5.41) is 4.23. The lowest BCUT2D eigenvalue weighted by atomic mass is 10.1. The molecule has 2 aromatic heterocycles. The maximum atomic E-state index is 12.2. The summed E-state index contributed by atoms with van der Waals surface area (Å²) in [6.07, 6.45) is 5.15. The number of hydrogen-bond acceptors (Lipinski definition) is 3. The highest BCUT2D eigenvalue weighted by atomic mass is 79.9. The van der Waals surface area contributed by atoms with Crippen LogP contribution in [0.4, 0.5) is 0 Å². The van der Waals surface area contributed by atoms with Crippen LogP contribution in [0.3, 0.4) is 0 Å². The van der Waals surface area contributed by atoms with Crippen LogP contribution in [-0.2, 0) is 0 Å². The summed E-state index contributed by atoms with van der Waals surface area (Å²) < 4.78 is 2.54. The van der Waals surface area contributed by atoms with Gasteiger partial charge in [0.15, 0.2) is 5.65 Å². The molecule has 0 saturated carbocycles. The van der Waals surface area contributed by atoms with Gasteiger partial charge in [0.05, 0.1) is 0 Å². The summed E-state index contributed by atoms with van der Waals surface area (Å²) in [7, 11) is 0. The van der Waals surface area contributed by atoms with Gasteiger partial charge in [-0.15, -0.1) is 5.10 Å². The molecule has 18 heavy (non-hydrogen) atoms. The van der Waals surface area contributed by atoms with E-state index in [4.69, 9.17) is 0 Å². The molecular formula is C12H13BrN4O. The number of likely N-dealkylation sites (tertiary alicyclic amines) is 1. The Bertz CT molecular complexity index is 589. The van der Waals surface area contributed by atoms with Gasteiger partial charge >= 0.3 is 0 Å². The Morgan fingerprint density at radius 3 is 2.78 bits per heavy atom. The Morgan fingerprint density at radius 2 is 2.00 bits per heavy atom. The van der Waals surface area contributed by atoms with Crippen molar-refractivity contribution in [2.45, 2.75) is 19.3 Å². The molecule has 1 saturated heterocycles. The van der Waals surface area contributed by atoms with E-state index in [0.717, 1.165) is 30.4 Å². The molecule has 3 heterocycles. The highest BCUT2D eigenvalue weighted by Crippen LogP contribution is 2.14. The van der Waals surface area contributed by atoms with Crippen molar-refractivity contribution >= 4 is 27.5 Å². The number of pyridine rings is 1. The third-order valence-electron chi connectivity index (χ3n) is 3.13. The largest absolute Gasteiger partial charge is 0.336 e. The van der Waals surface area contributed by atoms with Gasteiger partial charge in [0, 0.05) is 23.8 Å². The Balaban J connectivity index is 1.91. The zero-order chi connectivity index (χ0) is 12.5. The topological polar surface area (TPSA) is 50.5 Å². The predicted molar refractivity (Wildman–Crippen MR) is 70.4 cm³/mol. The van der Waals surface area contributed by atoms with Crippen molar-refractivity contribution in [3.8, 4) is 0 Å². The Kier molecular flexibility index (Phi) is 3.03. The number of nitrogens with zero attached hydrogens (tertiary/aromatic N) is 4. The van der Waals surface area contributed by atoms with Crippen molar-refractivity contribution in [1.29, 1.82) is 0 Å². The number of fused-ring (bicyclic) bond motifs is 1. The van der Waals surface area contributed by atoms with Gasteiger partial charge in [-0.1, -0.05) is 0 Å². The van der Waals surface area contributed by atoms with E-state index in [9.17, 15) is 4.79 Å². The Labute approximate surface area is 113 Å². The molecule has 2 aromatic rings.